The van der Waals surface area contributed by atoms with Crippen LogP contribution in [0.5, 0.6) is 5.75 Å². The highest BCUT2D eigenvalue weighted by Gasteiger charge is 2.05. The standard InChI is InChI=1S/C12H15ClN2O/c1-15(2)5-6-16-12-8-14-11-4-3-9(13)7-10(11)12/h3-4,7-8,14H,5-6H2,1-2H3. The molecule has 0 aliphatic rings. The first-order valence-electron chi connectivity index (χ1n) is 5.21. The van der Waals surface area contributed by atoms with E-state index in [0.29, 0.717) is 6.61 Å². The molecule has 0 spiro atoms. The first-order chi connectivity index (χ1) is 7.66. The molecule has 1 heterocycles. The molecule has 0 aliphatic heterocycles. The zero-order valence-electron chi connectivity index (χ0n) is 9.46. The van der Waals surface area contributed by atoms with E-state index in [0.717, 1.165) is 28.2 Å². The topological polar surface area (TPSA) is 28.3 Å². The fourth-order valence-corrected chi connectivity index (χ4v) is 1.70. The molecule has 0 unspecified atom stereocenters. The van der Waals surface area contributed by atoms with Gasteiger partial charge in [0.25, 0.3) is 0 Å². The smallest absolute Gasteiger partial charge is 0.144 e. The Bertz CT molecular complexity index is 479. The lowest BCUT2D eigenvalue weighted by molar-refractivity contribution is 0.263. The highest BCUT2D eigenvalue weighted by atomic mass is 35.5. The van der Waals surface area contributed by atoms with Crippen LogP contribution in [0.15, 0.2) is 24.4 Å². The Balaban J connectivity index is 2.15. The molecular formula is C12H15ClN2O. The van der Waals surface area contributed by atoms with Crippen LogP contribution >= 0.6 is 11.6 Å². The number of rotatable bonds is 4. The lowest BCUT2D eigenvalue weighted by atomic mass is 10.2. The number of aromatic amines is 1. The number of halogens is 1. The van der Waals surface area contributed by atoms with E-state index in [9.17, 15) is 0 Å². The molecule has 0 bridgehead atoms. The van der Waals surface area contributed by atoms with Gasteiger partial charge in [-0.15, -0.1) is 0 Å². The Morgan fingerprint density at radius 2 is 2.19 bits per heavy atom. The van der Waals surface area contributed by atoms with Crippen molar-refractivity contribution < 1.29 is 4.74 Å². The average molecular weight is 239 g/mol. The highest BCUT2D eigenvalue weighted by molar-refractivity contribution is 6.31. The Morgan fingerprint density at radius 1 is 1.38 bits per heavy atom. The minimum Gasteiger partial charge on any atom is -0.490 e. The number of hydrogen-bond donors (Lipinski definition) is 1. The molecule has 4 heteroatoms. The number of likely N-dealkylation sites (N-methyl/N-ethyl adjacent to an activating group) is 1. The molecule has 1 aromatic carbocycles. The predicted molar refractivity (Wildman–Crippen MR) is 67.4 cm³/mol. The van der Waals surface area contributed by atoms with Gasteiger partial charge in [-0.2, -0.15) is 0 Å². The van der Waals surface area contributed by atoms with Crippen LogP contribution in [0.4, 0.5) is 0 Å². The van der Waals surface area contributed by atoms with Crippen molar-refractivity contribution in [2.24, 2.45) is 0 Å². The number of fused-ring (bicyclic) bond motifs is 1. The lowest BCUT2D eigenvalue weighted by Crippen LogP contribution is -2.19. The van der Waals surface area contributed by atoms with E-state index < -0.39 is 0 Å². The molecule has 16 heavy (non-hydrogen) atoms. The minimum atomic E-state index is 0.673. The minimum absolute atomic E-state index is 0.673. The largest absolute Gasteiger partial charge is 0.490 e. The van der Waals surface area contributed by atoms with Gasteiger partial charge >= 0.3 is 0 Å². The summed E-state index contributed by atoms with van der Waals surface area (Å²) in [6.45, 7) is 1.57. The van der Waals surface area contributed by atoms with Crippen LogP contribution in [-0.2, 0) is 0 Å². The molecule has 2 aromatic rings. The molecule has 86 valence electrons. The Kier molecular flexibility index (Phi) is 3.36. The van der Waals surface area contributed by atoms with Crippen molar-refractivity contribution in [3.05, 3.63) is 29.4 Å². The molecule has 0 fully saturated rings. The van der Waals surface area contributed by atoms with E-state index in [2.05, 4.69) is 9.88 Å². The molecular weight excluding hydrogens is 224 g/mol. The summed E-state index contributed by atoms with van der Waals surface area (Å²) in [7, 11) is 4.05. The van der Waals surface area contributed by atoms with E-state index >= 15 is 0 Å². The molecule has 0 radical (unpaired) electrons. The maximum atomic E-state index is 5.95. The van der Waals surface area contributed by atoms with E-state index in [4.69, 9.17) is 16.3 Å². The third-order valence-electron chi connectivity index (χ3n) is 2.40. The molecule has 0 amide bonds. The normalized spacial score (nSPS) is 11.2. The summed E-state index contributed by atoms with van der Waals surface area (Å²) in [4.78, 5) is 5.24. The van der Waals surface area contributed by atoms with E-state index in [-0.39, 0.29) is 0 Å². The van der Waals surface area contributed by atoms with Crippen LogP contribution < -0.4 is 4.74 Å². The Labute approximate surface area is 100.0 Å². The lowest BCUT2D eigenvalue weighted by Gasteiger charge is -2.10. The molecule has 0 aliphatic carbocycles. The van der Waals surface area contributed by atoms with Crippen LogP contribution in [0.1, 0.15) is 0 Å². The quantitative estimate of drug-likeness (QED) is 0.887. The zero-order chi connectivity index (χ0) is 11.5. The number of aromatic nitrogens is 1. The van der Waals surface area contributed by atoms with Gasteiger partial charge in [-0.3, -0.25) is 0 Å². The number of benzene rings is 1. The van der Waals surface area contributed by atoms with Crippen LogP contribution in [0.2, 0.25) is 5.02 Å². The fourth-order valence-electron chi connectivity index (χ4n) is 1.52. The molecule has 1 aromatic heterocycles. The summed E-state index contributed by atoms with van der Waals surface area (Å²) >= 11 is 5.95. The summed E-state index contributed by atoms with van der Waals surface area (Å²) < 4.78 is 5.69. The number of H-pyrrole nitrogens is 1. The predicted octanol–water partition coefficient (Wildman–Crippen LogP) is 2.76. The van der Waals surface area contributed by atoms with Crippen molar-refractivity contribution in [3.8, 4) is 5.75 Å². The van der Waals surface area contributed by atoms with Gasteiger partial charge in [0, 0.05) is 28.7 Å². The van der Waals surface area contributed by atoms with Crippen LogP contribution in [0.25, 0.3) is 10.9 Å². The number of nitrogens with one attached hydrogen (secondary N) is 1. The number of ether oxygens (including phenoxy) is 1. The summed E-state index contributed by atoms with van der Waals surface area (Å²) in [5, 5.41) is 1.76. The third kappa shape index (κ3) is 2.49. The van der Waals surface area contributed by atoms with Crippen molar-refractivity contribution in [1.82, 2.24) is 9.88 Å². The van der Waals surface area contributed by atoms with Gasteiger partial charge in [0.05, 0.1) is 0 Å². The van der Waals surface area contributed by atoms with Crippen LogP contribution in [-0.4, -0.2) is 37.1 Å². The van der Waals surface area contributed by atoms with Gasteiger partial charge in [-0.25, -0.2) is 0 Å². The molecule has 1 N–H and O–H groups in total. The van der Waals surface area contributed by atoms with Crippen LogP contribution in [0, 0.1) is 0 Å². The molecule has 3 nitrogen and oxygen atoms in total. The second-order valence-corrected chi connectivity index (χ2v) is 4.43. The maximum absolute atomic E-state index is 5.95. The van der Waals surface area contributed by atoms with Crippen molar-refractivity contribution in [3.63, 3.8) is 0 Å². The second kappa shape index (κ2) is 4.76. The maximum Gasteiger partial charge on any atom is 0.144 e. The first-order valence-corrected chi connectivity index (χ1v) is 5.59. The fraction of sp³-hybridized carbons (Fsp3) is 0.333. The average Bonchev–Trinajstić information content (AvgIpc) is 2.60. The number of hydrogen-bond acceptors (Lipinski definition) is 2. The van der Waals surface area contributed by atoms with Gasteiger partial charge in [0.2, 0.25) is 0 Å². The van der Waals surface area contributed by atoms with E-state index in [1.165, 1.54) is 0 Å². The Hall–Kier alpha value is -1.19. The van der Waals surface area contributed by atoms with Gasteiger partial charge in [0.15, 0.2) is 0 Å². The van der Waals surface area contributed by atoms with Crippen molar-refractivity contribution in [2.75, 3.05) is 27.2 Å². The first kappa shape index (κ1) is 11.3. The molecule has 0 saturated heterocycles. The van der Waals surface area contributed by atoms with Gasteiger partial charge in [0.1, 0.15) is 12.4 Å². The monoisotopic (exact) mass is 238 g/mol. The summed E-state index contributed by atoms with van der Waals surface area (Å²) in [6, 6.07) is 5.73. The van der Waals surface area contributed by atoms with Crippen molar-refractivity contribution in [2.45, 2.75) is 0 Å². The zero-order valence-corrected chi connectivity index (χ0v) is 10.2. The van der Waals surface area contributed by atoms with Gasteiger partial charge in [-0.1, -0.05) is 11.6 Å². The SMILES string of the molecule is CN(C)CCOc1c[nH]c2ccc(Cl)cc12. The summed E-state index contributed by atoms with van der Waals surface area (Å²) in [5.41, 5.74) is 1.05. The highest BCUT2D eigenvalue weighted by Crippen LogP contribution is 2.27. The second-order valence-electron chi connectivity index (χ2n) is 3.99. The van der Waals surface area contributed by atoms with Crippen molar-refractivity contribution >= 4 is 22.5 Å². The van der Waals surface area contributed by atoms with E-state index in [1.54, 1.807) is 0 Å². The molecule has 0 atom stereocenters. The molecule has 2 rings (SSSR count). The summed E-state index contributed by atoms with van der Waals surface area (Å²) in [5.74, 6) is 0.861. The summed E-state index contributed by atoms with van der Waals surface area (Å²) in [6.07, 6.45) is 1.87. The van der Waals surface area contributed by atoms with Crippen LogP contribution in [0.3, 0.4) is 0 Å². The molecule has 0 saturated carbocycles. The van der Waals surface area contributed by atoms with Gasteiger partial charge in [-0.05, 0) is 32.3 Å². The Morgan fingerprint density at radius 3 is 2.94 bits per heavy atom. The number of nitrogens with zero attached hydrogens (tertiary/aromatic N) is 1. The van der Waals surface area contributed by atoms with Gasteiger partial charge < -0.3 is 14.6 Å². The van der Waals surface area contributed by atoms with E-state index in [1.807, 2.05) is 38.5 Å². The third-order valence-corrected chi connectivity index (χ3v) is 2.64. The van der Waals surface area contributed by atoms with Crippen molar-refractivity contribution in [1.29, 1.82) is 0 Å².